The zero-order chi connectivity index (χ0) is 20.5. The summed E-state index contributed by atoms with van der Waals surface area (Å²) in [6.45, 7) is 3.97. The summed E-state index contributed by atoms with van der Waals surface area (Å²) in [6, 6.07) is 2.71. The molecule has 0 spiro atoms. The topological polar surface area (TPSA) is 83.8 Å². The normalized spacial score (nSPS) is 20.7. The summed E-state index contributed by atoms with van der Waals surface area (Å²) < 4.78 is 10.7. The Hall–Kier alpha value is -1.51. The van der Waals surface area contributed by atoms with Crippen molar-refractivity contribution in [3.63, 3.8) is 0 Å². The number of carbonyl (C=O) groups excluding carboxylic acids is 2. The fraction of sp³-hybridized carbons (Fsp3) is 0.714. The molecule has 2 amide bonds. The first kappa shape index (κ1) is 22.2. The minimum Gasteiger partial charge on any atom is -0.459 e. The largest absolute Gasteiger partial charge is 0.459 e. The molecule has 29 heavy (non-hydrogen) atoms. The fourth-order valence-corrected chi connectivity index (χ4v) is 4.84. The van der Waals surface area contributed by atoms with E-state index in [0.717, 1.165) is 44.9 Å². The minimum atomic E-state index is -0.564. The molecular formula is C21H33N3O4S. The first-order valence-electron chi connectivity index (χ1n) is 10.6. The number of ether oxygens (including phenoxy) is 1. The maximum absolute atomic E-state index is 13.0. The number of furan rings is 1. The number of morpholine rings is 1. The van der Waals surface area contributed by atoms with Gasteiger partial charge in [-0.15, -0.1) is 0 Å². The predicted octanol–water partition coefficient (Wildman–Crippen LogP) is 2.28. The molecule has 0 aromatic carbocycles. The highest BCUT2D eigenvalue weighted by Crippen LogP contribution is 2.33. The molecule has 1 saturated carbocycles. The summed E-state index contributed by atoms with van der Waals surface area (Å²) in [5, 5.41) is 6.02. The number of rotatable bonds is 9. The van der Waals surface area contributed by atoms with Crippen molar-refractivity contribution < 1.29 is 18.7 Å². The van der Waals surface area contributed by atoms with Gasteiger partial charge in [0.1, 0.15) is 6.04 Å². The zero-order valence-electron chi connectivity index (χ0n) is 17.3. The van der Waals surface area contributed by atoms with Crippen molar-refractivity contribution in [3.05, 3.63) is 24.2 Å². The Bertz CT molecular complexity index is 640. The fourth-order valence-electron chi connectivity index (χ4n) is 4.37. The predicted molar refractivity (Wildman–Crippen MR) is 114 cm³/mol. The molecule has 1 atom stereocenters. The summed E-state index contributed by atoms with van der Waals surface area (Å²) >= 11 is 1.66. The molecule has 2 heterocycles. The second kappa shape index (κ2) is 11.0. The van der Waals surface area contributed by atoms with Gasteiger partial charge in [-0.05, 0) is 43.4 Å². The Labute approximate surface area is 177 Å². The summed E-state index contributed by atoms with van der Waals surface area (Å²) in [5.74, 6) is 0.559. The van der Waals surface area contributed by atoms with E-state index in [1.807, 2.05) is 6.26 Å². The van der Waals surface area contributed by atoms with Crippen molar-refractivity contribution in [2.45, 2.75) is 50.1 Å². The lowest BCUT2D eigenvalue weighted by Crippen LogP contribution is -2.61. The molecule has 1 aliphatic heterocycles. The maximum Gasteiger partial charge on any atom is 0.287 e. The Balaban J connectivity index is 1.62. The maximum atomic E-state index is 13.0. The van der Waals surface area contributed by atoms with Gasteiger partial charge in [0, 0.05) is 25.2 Å². The van der Waals surface area contributed by atoms with E-state index in [-0.39, 0.29) is 23.1 Å². The van der Waals surface area contributed by atoms with E-state index in [2.05, 4.69) is 15.5 Å². The number of hydrogen-bond donors (Lipinski definition) is 2. The Morgan fingerprint density at radius 3 is 2.66 bits per heavy atom. The van der Waals surface area contributed by atoms with Crippen LogP contribution in [0.15, 0.2) is 22.8 Å². The Kier molecular flexibility index (Phi) is 8.44. The molecule has 2 fully saturated rings. The number of carbonyl (C=O) groups is 2. The smallest absolute Gasteiger partial charge is 0.287 e. The van der Waals surface area contributed by atoms with E-state index in [0.29, 0.717) is 13.0 Å². The van der Waals surface area contributed by atoms with Gasteiger partial charge in [0.15, 0.2) is 5.76 Å². The van der Waals surface area contributed by atoms with E-state index in [9.17, 15) is 9.59 Å². The Morgan fingerprint density at radius 2 is 2.00 bits per heavy atom. The first-order valence-corrected chi connectivity index (χ1v) is 12.0. The molecular weight excluding hydrogens is 390 g/mol. The van der Waals surface area contributed by atoms with Gasteiger partial charge in [0.05, 0.1) is 19.5 Å². The molecule has 1 unspecified atom stereocenters. The van der Waals surface area contributed by atoms with Crippen LogP contribution in [0.3, 0.4) is 0 Å². The molecule has 1 aromatic rings. The number of amides is 2. The van der Waals surface area contributed by atoms with E-state index >= 15 is 0 Å². The van der Waals surface area contributed by atoms with Gasteiger partial charge >= 0.3 is 0 Å². The van der Waals surface area contributed by atoms with Gasteiger partial charge in [-0.25, -0.2) is 0 Å². The van der Waals surface area contributed by atoms with E-state index < -0.39 is 6.04 Å². The summed E-state index contributed by atoms with van der Waals surface area (Å²) in [6.07, 6.45) is 9.89. The number of thioether (sulfide) groups is 1. The number of hydrogen-bond acceptors (Lipinski definition) is 6. The molecule has 0 bridgehead atoms. The molecule has 2 aliphatic rings. The van der Waals surface area contributed by atoms with Gasteiger partial charge in [-0.1, -0.05) is 19.3 Å². The van der Waals surface area contributed by atoms with Crippen molar-refractivity contribution in [2.75, 3.05) is 44.9 Å². The second-order valence-electron chi connectivity index (χ2n) is 7.89. The van der Waals surface area contributed by atoms with Gasteiger partial charge in [-0.2, -0.15) is 11.8 Å². The summed E-state index contributed by atoms with van der Waals surface area (Å²) in [5.41, 5.74) is 0.00671. The van der Waals surface area contributed by atoms with Crippen LogP contribution in [0.2, 0.25) is 0 Å². The van der Waals surface area contributed by atoms with Crippen LogP contribution in [0.5, 0.6) is 0 Å². The van der Waals surface area contributed by atoms with Gasteiger partial charge in [-0.3, -0.25) is 14.5 Å². The lowest BCUT2D eigenvalue weighted by molar-refractivity contribution is -0.124. The van der Waals surface area contributed by atoms with Crippen molar-refractivity contribution in [3.8, 4) is 0 Å². The zero-order valence-corrected chi connectivity index (χ0v) is 18.1. The highest BCUT2D eigenvalue weighted by atomic mass is 32.2. The van der Waals surface area contributed by atoms with E-state index in [1.54, 1.807) is 23.9 Å². The number of nitrogens with zero attached hydrogens (tertiary/aromatic N) is 1. The average molecular weight is 424 g/mol. The molecule has 8 heteroatoms. The molecule has 1 aromatic heterocycles. The van der Waals surface area contributed by atoms with Crippen LogP contribution in [0.4, 0.5) is 0 Å². The molecule has 0 radical (unpaired) electrons. The molecule has 162 valence electrons. The van der Waals surface area contributed by atoms with Crippen molar-refractivity contribution in [1.29, 1.82) is 0 Å². The third-order valence-electron chi connectivity index (χ3n) is 6.04. The lowest BCUT2D eigenvalue weighted by Gasteiger charge is -2.48. The Morgan fingerprint density at radius 1 is 1.24 bits per heavy atom. The molecule has 2 N–H and O–H groups in total. The quantitative estimate of drug-likeness (QED) is 0.634. The standard InChI is InChI=1S/C21H33N3O4S/c1-29-15-7-17(23-20(26)18-6-5-12-28-18)19(25)22-16-21(8-3-2-4-9-21)24-10-13-27-14-11-24/h5-6,12,17H,2-4,7-11,13-16H2,1H3,(H,22,25)(H,23,26). The van der Waals surface area contributed by atoms with Crippen LogP contribution in [0.1, 0.15) is 49.1 Å². The second-order valence-corrected chi connectivity index (χ2v) is 8.87. The minimum absolute atomic E-state index is 0.00671. The van der Waals surface area contributed by atoms with Crippen LogP contribution in [-0.4, -0.2) is 73.2 Å². The molecule has 7 nitrogen and oxygen atoms in total. The average Bonchev–Trinajstić information content (AvgIpc) is 3.31. The van der Waals surface area contributed by atoms with Crippen molar-refractivity contribution in [2.24, 2.45) is 0 Å². The summed E-state index contributed by atoms with van der Waals surface area (Å²) in [7, 11) is 0. The molecule has 1 aliphatic carbocycles. The highest BCUT2D eigenvalue weighted by molar-refractivity contribution is 7.98. The van der Waals surface area contributed by atoms with E-state index in [1.165, 1.54) is 25.5 Å². The molecule has 1 saturated heterocycles. The SMILES string of the molecule is CSCCC(NC(=O)c1ccco1)C(=O)NCC1(N2CCOCC2)CCCCC1. The van der Waals surface area contributed by atoms with Crippen molar-refractivity contribution in [1.82, 2.24) is 15.5 Å². The van der Waals surface area contributed by atoms with Gasteiger partial charge < -0.3 is 19.8 Å². The van der Waals surface area contributed by atoms with Gasteiger partial charge in [0.2, 0.25) is 5.91 Å². The van der Waals surface area contributed by atoms with Crippen LogP contribution in [0.25, 0.3) is 0 Å². The van der Waals surface area contributed by atoms with Crippen LogP contribution < -0.4 is 10.6 Å². The highest BCUT2D eigenvalue weighted by Gasteiger charge is 2.39. The van der Waals surface area contributed by atoms with Crippen molar-refractivity contribution >= 4 is 23.6 Å². The van der Waals surface area contributed by atoms with Crippen LogP contribution in [-0.2, 0) is 9.53 Å². The van der Waals surface area contributed by atoms with Crippen LogP contribution in [0, 0.1) is 0 Å². The number of nitrogens with one attached hydrogen (secondary N) is 2. The molecule has 3 rings (SSSR count). The lowest BCUT2D eigenvalue weighted by atomic mass is 9.79. The van der Waals surface area contributed by atoms with E-state index in [4.69, 9.17) is 9.15 Å². The third kappa shape index (κ3) is 5.99. The summed E-state index contributed by atoms with van der Waals surface area (Å²) in [4.78, 5) is 27.9. The first-order chi connectivity index (χ1) is 14.1. The van der Waals surface area contributed by atoms with Gasteiger partial charge in [0.25, 0.3) is 5.91 Å². The monoisotopic (exact) mass is 423 g/mol. The van der Waals surface area contributed by atoms with Crippen LogP contribution >= 0.6 is 11.8 Å². The third-order valence-corrected chi connectivity index (χ3v) is 6.68.